The molecule has 1 amide bonds. The lowest BCUT2D eigenvalue weighted by molar-refractivity contribution is -0.115. The second-order valence-corrected chi connectivity index (χ2v) is 7.86. The van der Waals surface area contributed by atoms with Gasteiger partial charge in [-0.05, 0) is 61.5 Å². The molecule has 7 heteroatoms. The lowest BCUT2D eigenvalue weighted by Crippen LogP contribution is -2.16. The molecule has 0 aliphatic carbocycles. The van der Waals surface area contributed by atoms with Gasteiger partial charge < -0.3 is 15.2 Å². The Morgan fingerprint density at radius 1 is 1.13 bits per heavy atom. The largest absolute Gasteiger partial charge is 0.331 e. The Bertz CT molecular complexity index is 966. The predicted octanol–water partition coefficient (Wildman–Crippen LogP) is 4.42. The van der Waals surface area contributed by atoms with Gasteiger partial charge in [0, 0.05) is 18.1 Å². The molecule has 166 valence electrons. The van der Waals surface area contributed by atoms with Crippen molar-refractivity contribution in [3.05, 3.63) is 83.4 Å². The molecule has 1 atom stereocenters. The monoisotopic (exact) mass is 460 g/mol. The normalized spacial score (nSPS) is 15.1. The van der Waals surface area contributed by atoms with Crippen molar-refractivity contribution >= 4 is 36.4 Å². The molecule has 1 unspecified atom stereocenters. The lowest BCUT2D eigenvalue weighted by atomic mass is 9.97. The molecule has 0 saturated carbocycles. The third-order valence-electron chi connectivity index (χ3n) is 5.63. The number of rotatable bonds is 7. The van der Waals surface area contributed by atoms with Crippen LogP contribution in [0.2, 0.25) is 0 Å². The molecule has 1 aromatic heterocycles. The van der Waals surface area contributed by atoms with E-state index in [0.29, 0.717) is 13.0 Å². The van der Waals surface area contributed by atoms with Gasteiger partial charge in [0.05, 0.1) is 13.0 Å². The number of halogens is 2. The average molecular weight is 461 g/mol. The van der Waals surface area contributed by atoms with Crippen LogP contribution >= 0.6 is 24.8 Å². The van der Waals surface area contributed by atoms with Crippen molar-refractivity contribution in [2.45, 2.75) is 32.7 Å². The molecule has 0 radical (unpaired) electrons. The number of imidazole rings is 1. The lowest BCUT2D eigenvalue weighted by Gasteiger charge is -2.13. The van der Waals surface area contributed by atoms with Crippen LogP contribution in [0.4, 0.5) is 5.69 Å². The number of nitrogens with zero attached hydrogens (tertiary/aromatic N) is 2. The first kappa shape index (κ1) is 24.9. The molecule has 0 spiro atoms. The van der Waals surface area contributed by atoms with Gasteiger partial charge in [-0.15, -0.1) is 24.8 Å². The number of para-hydroxylation sites is 1. The Balaban J connectivity index is 0.00000171. The van der Waals surface area contributed by atoms with E-state index in [1.54, 1.807) is 6.20 Å². The molecule has 1 aliphatic rings. The highest BCUT2D eigenvalue weighted by atomic mass is 35.5. The number of carbonyl (C=O) groups is 1. The molecule has 3 aromatic rings. The van der Waals surface area contributed by atoms with Crippen LogP contribution in [0, 0.1) is 12.8 Å². The van der Waals surface area contributed by atoms with Crippen LogP contribution < -0.4 is 10.6 Å². The van der Waals surface area contributed by atoms with E-state index in [-0.39, 0.29) is 30.7 Å². The standard InChI is InChI=1S/C24H28N4O.2ClH/c1-18-26-12-13-28(18)17-22-4-2-3-5-23(22)27-24(29)15-20-8-6-19(7-9-20)14-21-10-11-25-16-21;;/h2-9,12-13,21,25H,10-11,14-17H2,1H3,(H,27,29);2*1H. The minimum absolute atomic E-state index is 0. The Kier molecular flexibility index (Phi) is 9.56. The third kappa shape index (κ3) is 6.82. The maximum absolute atomic E-state index is 12.6. The zero-order valence-corrected chi connectivity index (χ0v) is 19.3. The zero-order valence-electron chi connectivity index (χ0n) is 17.7. The first-order valence-corrected chi connectivity index (χ1v) is 10.3. The van der Waals surface area contributed by atoms with Crippen molar-refractivity contribution in [1.82, 2.24) is 14.9 Å². The molecule has 2 heterocycles. The molecule has 2 N–H and O–H groups in total. The van der Waals surface area contributed by atoms with Gasteiger partial charge in [-0.2, -0.15) is 0 Å². The van der Waals surface area contributed by atoms with E-state index in [2.05, 4.69) is 44.5 Å². The first-order chi connectivity index (χ1) is 14.2. The highest BCUT2D eigenvalue weighted by molar-refractivity contribution is 5.93. The summed E-state index contributed by atoms with van der Waals surface area (Å²) in [6, 6.07) is 16.4. The van der Waals surface area contributed by atoms with Gasteiger partial charge in [-0.1, -0.05) is 42.5 Å². The predicted molar refractivity (Wildman–Crippen MR) is 130 cm³/mol. The summed E-state index contributed by atoms with van der Waals surface area (Å²) in [5, 5.41) is 6.50. The number of hydrogen-bond acceptors (Lipinski definition) is 3. The van der Waals surface area contributed by atoms with E-state index in [0.717, 1.165) is 48.1 Å². The van der Waals surface area contributed by atoms with E-state index >= 15 is 0 Å². The van der Waals surface area contributed by atoms with Crippen LogP contribution in [0.25, 0.3) is 0 Å². The Morgan fingerprint density at radius 3 is 2.55 bits per heavy atom. The number of nitrogens with one attached hydrogen (secondary N) is 2. The molecule has 5 nitrogen and oxygen atoms in total. The highest BCUT2D eigenvalue weighted by Gasteiger charge is 2.15. The van der Waals surface area contributed by atoms with Crippen molar-refractivity contribution in [3.63, 3.8) is 0 Å². The van der Waals surface area contributed by atoms with Gasteiger partial charge in [0.1, 0.15) is 5.82 Å². The second-order valence-electron chi connectivity index (χ2n) is 7.86. The minimum Gasteiger partial charge on any atom is -0.331 e. The van der Waals surface area contributed by atoms with Gasteiger partial charge in [-0.25, -0.2) is 4.98 Å². The number of hydrogen-bond donors (Lipinski definition) is 2. The van der Waals surface area contributed by atoms with E-state index in [1.807, 2.05) is 37.4 Å². The molecule has 1 aliphatic heterocycles. The number of benzene rings is 2. The second kappa shape index (κ2) is 11.9. The van der Waals surface area contributed by atoms with Gasteiger partial charge in [0.15, 0.2) is 0 Å². The topological polar surface area (TPSA) is 59.0 Å². The van der Waals surface area contributed by atoms with Crippen molar-refractivity contribution in [2.24, 2.45) is 5.92 Å². The van der Waals surface area contributed by atoms with Crippen LogP contribution in [0.1, 0.15) is 28.9 Å². The quantitative estimate of drug-likeness (QED) is 0.548. The minimum atomic E-state index is 0. The maximum atomic E-state index is 12.6. The van der Waals surface area contributed by atoms with Crippen LogP contribution in [-0.2, 0) is 24.2 Å². The summed E-state index contributed by atoms with van der Waals surface area (Å²) in [6.45, 7) is 4.91. The molecule has 0 bridgehead atoms. The van der Waals surface area contributed by atoms with Crippen molar-refractivity contribution in [2.75, 3.05) is 18.4 Å². The fraction of sp³-hybridized carbons (Fsp3) is 0.333. The fourth-order valence-electron chi connectivity index (χ4n) is 3.93. The molecular formula is C24H30Cl2N4O. The first-order valence-electron chi connectivity index (χ1n) is 10.3. The summed E-state index contributed by atoms with van der Waals surface area (Å²) in [4.78, 5) is 16.9. The summed E-state index contributed by atoms with van der Waals surface area (Å²) in [5.41, 5.74) is 4.32. The Morgan fingerprint density at radius 2 is 1.87 bits per heavy atom. The van der Waals surface area contributed by atoms with Crippen molar-refractivity contribution in [3.8, 4) is 0 Å². The van der Waals surface area contributed by atoms with Crippen LogP contribution in [0.3, 0.4) is 0 Å². The summed E-state index contributed by atoms with van der Waals surface area (Å²) in [7, 11) is 0. The summed E-state index contributed by atoms with van der Waals surface area (Å²) in [6.07, 6.45) is 6.49. The van der Waals surface area contributed by atoms with Gasteiger partial charge >= 0.3 is 0 Å². The third-order valence-corrected chi connectivity index (χ3v) is 5.63. The molecule has 2 aromatic carbocycles. The fourth-order valence-corrected chi connectivity index (χ4v) is 3.93. The molecule has 4 rings (SSSR count). The van der Waals surface area contributed by atoms with E-state index in [9.17, 15) is 4.79 Å². The average Bonchev–Trinajstić information content (AvgIpc) is 3.37. The van der Waals surface area contributed by atoms with E-state index in [1.165, 1.54) is 12.0 Å². The van der Waals surface area contributed by atoms with Crippen molar-refractivity contribution < 1.29 is 4.79 Å². The number of aromatic nitrogens is 2. The van der Waals surface area contributed by atoms with Crippen LogP contribution in [-0.4, -0.2) is 28.5 Å². The number of carbonyl (C=O) groups excluding carboxylic acids is 1. The number of anilines is 1. The zero-order chi connectivity index (χ0) is 20.1. The molecule has 31 heavy (non-hydrogen) atoms. The SMILES string of the molecule is Cc1nccn1Cc1ccccc1NC(=O)Cc1ccc(CC2CCNC2)cc1.Cl.Cl. The smallest absolute Gasteiger partial charge is 0.228 e. The Hall–Kier alpha value is -2.34. The summed E-state index contributed by atoms with van der Waals surface area (Å²) >= 11 is 0. The highest BCUT2D eigenvalue weighted by Crippen LogP contribution is 2.19. The summed E-state index contributed by atoms with van der Waals surface area (Å²) in [5.74, 6) is 1.70. The number of amides is 1. The molecule has 1 fully saturated rings. The van der Waals surface area contributed by atoms with Gasteiger partial charge in [-0.3, -0.25) is 4.79 Å². The van der Waals surface area contributed by atoms with Crippen LogP contribution in [0.15, 0.2) is 60.9 Å². The van der Waals surface area contributed by atoms with E-state index in [4.69, 9.17) is 0 Å². The molecular weight excluding hydrogens is 431 g/mol. The van der Waals surface area contributed by atoms with Crippen molar-refractivity contribution in [1.29, 1.82) is 0 Å². The van der Waals surface area contributed by atoms with Gasteiger partial charge in [0.2, 0.25) is 5.91 Å². The van der Waals surface area contributed by atoms with Crippen LogP contribution in [0.5, 0.6) is 0 Å². The maximum Gasteiger partial charge on any atom is 0.228 e. The molecule has 1 saturated heterocycles. The number of aryl methyl sites for hydroxylation is 1. The van der Waals surface area contributed by atoms with E-state index < -0.39 is 0 Å². The summed E-state index contributed by atoms with van der Waals surface area (Å²) < 4.78 is 2.07. The van der Waals surface area contributed by atoms with Gasteiger partial charge in [0.25, 0.3) is 0 Å². The Labute approximate surface area is 196 Å².